The number of carbonyl (C=O) groups excluding carboxylic acids is 2. The van der Waals surface area contributed by atoms with Crippen LogP contribution < -0.4 is 31.9 Å². The summed E-state index contributed by atoms with van der Waals surface area (Å²) in [6.07, 6.45) is 0.411. The summed E-state index contributed by atoms with van der Waals surface area (Å²) < 4.78 is 112. The second kappa shape index (κ2) is 27.0. The van der Waals surface area contributed by atoms with Gasteiger partial charge in [0.1, 0.15) is 36.0 Å². The highest BCUT2D eigenvalue weighted by Gasteiger charge is 2.37. The van der Waals surface area contributed by atoms with Crippen LogP contribution in [0.3, 0.4) is 0 Å². The van der Waals surface area contributed by atoms with Crippen LogP contribution in [0.15, 0.2) is 110 Å². The molecule has 2 aromatic carbocycles. The van der Waals surface area contributed by atoms with E-state index in [1.54, 1.807) is 70.3 Å². The quantitative estimate of drug-likeness (QED) is 0.0142. The Bertz CT molecular complexity index is 3290. The minimum absolute atomic E-state index is 0.0386. The SMILES string of the molecule is CNC(=O)c1nc(-c2cnn(CCCCO)c2)ccc1Nc1nc(Nc2ccc(CO[P+](=O)OCc3ccc(Nc4ncc(C(F)(F)F)c(Nc5ccc(-c6cnn(CCCCO)c6)nc5C(=O)NC)n4)cc3)cc2)ncc1C(F)(F)F. The number of alkyl halides is 6. The van der Waals surface area contributed by atoms with Gasteiger partial charge in [-0.25, -0.2) is 19.9 Å². The zero-order valence-corrected chi connectivity index (χ0v) is 44.5. The number of rotatable bonds is 26. The number of benzene rings is 2. The van der Waals surface area contributed by atoms with E-state index in [1.165, 1.54) is 50.8 Å². The van der Waals surface area contributed by atoms with Crippen LogP contribution in [0.5, 0.6) is 0 Å². The zero-order valence-electron chi connectivity index (χ0n) is 43.6. The molecule has 0 aliphatic carbocycles. The number of aliphatic hydroxyl groups is 2. The van der Waals surface area contributed by atoms with Crippen molar-refractivity contribution in [1.82, 2.24) is 60.1 Å². The molecule has 0 fully saturated rings. The molecule has 0 saturated heterocycles. The molecule has 0 saturated carbocycles. The molecule has 8 aromatic rings. The first-order chi connectivity index (χ1) is 39.4. The lowest BCUT2D eigenvalue weighted by atomic mass is 10.1. The first-order valence-electron chi connectivity index (χ1n) is 25.0. The molecule has 428 valence electrons. The summed E-state index contributed by atoms with van der Waals surface area (Å²) in [7, 11) is 0.0578. The number of nitrogens with zero attached hydrogens (tertiary/aromatic N) is 10. The van der Waals surface area contributed by atoms with Crippen molar-refractivity contribution in [3.8, 4) is 22.5 Å². The number of hydrogen-bond acceptors (Lipinski definition) is 19. The maximum Gasteiger partial charge on any atom is 0.698 e. The lowest BCUT2D eigenvalue weighted by Crippen LogP contribution is -2.21. The Morgan fingerprint density at radius 2 is 0.951 bits per heavy atom. The summed E-state index contributed by atoms with van der Waals surface area (Å²) in [4.78, 5) is 50.7. The van der Waals surface area contributed by atoms with Gasteiger partial charge in [0.15, 0.2) is 11.4 Å². The molecule has 0 aliphatic rings. The maximum atomic E-state index is 14.3. The second-order valence-corrected chi connectivity index (χ2v) is 18.7. The van der Waals surface area contributed by atoms with Crippen LogP contribution in [0.2, 0.25) is 0 Å². The van der Waals surface area contributed by atoms with Gasteiger partial charge in [-0.15, -0.1) is 9.05 Å². The number of carbonyl (C=O) groups is 2. The van der Waals surface area contributed by atoms with Gasteiger partial charge in [0, 0.05) is 92.3 Å². The Hall–Kier alpha value is -9.02. The Kier molecular flexibility index (Phi) is 19.4. The Morgan fingerprint density at radius 3 is 1.32 bits per heavy atom. The van der Waals surface area contributed by atoms with Gasteiger partial charge in [0.05, 0.1) is 35.2 Å². The van der Waals surface area contributed by atoms with Crippen LogP contribution in [0.1, 0.15) is 68.9 Å². The summed E-state index contributed by atoms with van der Waals surface area (Å²) >= 11 is 0. The van der Waals surface area contributed by atoms with E-state index in [4.69, 9.17) is 19.3 Å². The third-order valence-electron chi connectivity index (χ3n) is 11.9. The fourth-order valence-electron chi connectivity index (χ4n) is 7.70. The van der Waals surface area contributed by atoms with Crippen molar-refractivity contribution in [3.05, 3.63) is 144 Å². The maximum absolute atomic E-state index is 14.3. The molecule has 2 amide bonds. The summed E-state index contributed by atoms with van der Waals surface area (Å²) in [6, 6.07) is 18.5. The fraction of sp³-hybridized carbons (Fsp3) is 0.269. The van der Waals surface area contributed by atoms with Crippen LogP contribution in [0.25, 0.3) is 22.5 Å². The Balaban J connectivity index is 0.854. The summed E-state index contributed by atoms with van der Waals surface area (Å²) in [6.45, 7) is 0.824. The molecule has 8 rings (SSSR count). The topological polar surface area (TPSA) is 295 Å². The van der Waals surface area contributed by atoms with E-state index in [1.807, 2.05) is 0 Å². The first kappa shape index (κ1) is 59.1. The number of aliphatic hydroxyl groups excluding tert-OH is 2. The molecule has 23 nitrogen and oxygen atoms in total. The summed E-state index contributed by atoms with van der Waals surface area (Å²) in [5, 5.41) is 42.6. The number of aromatic nitrogens is 10. The molecule has 6 aromatic heterocycles. The van der Waals surface area contributed by atoms with E-state index in [2.05, 4.69) is 72.0 Å². The molecule has 30 heteroatoms. The Morgan fingerprint density at radius 1 is 0.549 bits per heavy atom. The van der Waals surface area contributed by atoms with Crippen molar-refractivity contribution in [3.63, 3.8) is 0 Å². The number of pyridine rings is 2. The largest absolute Gasteiger partial charge is 0.698 e. The van der Waals surface area contributed by atoms with E-state index in [0.717, 1.165) is 0 Å². The van der Waals surface area contributed by atoms with Gasteiger partial charge in [-0.2, -0.15) is 46.5 Å². The van der Waals surface area contributed by atoms with Gasteiger partial charge < -0.3 is 42.1 Å². The molecular weight excluding hydrogens is 1110 g/mol. The number of nitrogens with one attached hydrogen (secondary N) is 6. The van der Waals surface area contributed by atoms with E-state index in [9.17, 15) is 40.5 Å². The average molecular weight is 1160 g/mol. The van der Waals surface area contributed by atoms with Crippen LogP contribution in [-0.2, 0) is 52.3 Å². The molecule has 82 heavy (non-hydrogen) atoms. The molecule has 0 unspecified atom stereocenters. The Labute approximate surface area is 464 Å². The monoisotopic (exact) mass is 1160 g/mol. The predicted octanol–water partition coefficient (Wildman–Crippen LogP) is 9.45. The van der Waals surface area contributed by atoms with Crippen molar-refractivity contribution in [2.24, 2.45) is 0 Å². The number of unbranched alkanes of at least 4 members (excludes halogenated alkanes) is 2. The third kappa shape index (κ3) is 15.7. The van der Waals surface area contributed by atoms with Crippen molar-refractivity contribution >= 4 is 66.4 Å². The third-order valence-corrected chi connectivity index (χ3v) is 12.6. The minimum atomic E-state index is -4.89. The molecule has 0 aliphatic heterocycles. The van der Waals surface area contributed by atoms with E-state index in [0.29, 0.717) is 96.2 Å². The highest BCUT2D eigenvalue weighted by Crippen LogP contribution is 2.38. The van der Waals surface area contributed by atoms with E-state index >= 15 is 0 Å². The smallest absolute Gasteiger partial charge is 0.396 e. The predicted molar refractivity (Wildman–Crippen MR) is 288 cm³/mol. The number of aryl methyl sites for hydroxylation is 2. The van der Waals surface area contributed by atoms with Gasteiger partial charge in [-0.1, -0.05) is 24.3 Å². The molecule has 0 atom stereocenters. The van der Waals surface area contributed by atoms with Crippen LogP contribution in [0.4, 0.5) is 72.6 Å². The van der Waals surface area contributed by atoms with Crippen molar-refractivity contribution in [2.45, 2.75) is 64.3 Å². The van der Waals surface area contributed by atoms with Gasteiger partial charge in [0.2, 0.25) is 11.9 Å². The van der Waals surface area contributed by atoms with Crippen LogP contribution in [-0.4, -0.2) is 98.8 Å². The van der Waals surface area contributed by atoms with E-state index < -0.39 is 55.2 Å². The zero-order chi connectivity index (χ0) is 58.4. The van der Waals surface area contributed by atoms with Crippen LogP contribution in [0, 0.1) is 0 Å². The number of halogens is 6. The normalized spacial score (nSPS) is 11.5. The number of anilines is 8. The lowest BCUT2D eigenvalue weighted by molar-refractivity contribution is -0.138. The van der Waals surface area contributed by atoms with Crippen molar-refractivity contribution in [2.75, 3.05) is 48.6 Å². The number of amides is 2. The molecule has 8 N–H and O–H groups in total. The molecule has 0 spiro atoms. The standard InChI is InChI=1S/C52H51F6N16O7P/c1-59-47(77)43-41(17-15-39(67-43)33-23-63-73(27-33)19-3-5-21-75)69-45-37(51(53,54)55)25-61-49(71-45)65-35-11-7-31(8-12-35)29-80-82(79)81-30-32-9-13-36(14-10-32)66-50-62-26-38(52(56,57)58)46(72-50)70-42-18-16-40(68-44(42)48(78)60-2)34-24-64-74(28-34)20-4-6-22-76/h7-18,23-28,75-76H,3-6,19-22,29-30H2,1-2H3,(H5-,59,60,61,62,65,66,69,70,71,72,77,78)/p+1. The van der Waals surface area contributed by atoms with E-state index in [-0.39, 0.29) is 61.1 Å². The van der Waals surface area contributed by atoms with Crippen molar-refractivity contribution < 1.29 is 59.8 Å². The molecule has 6 heterocycles. The van der Waals surface area contributed by atoms with Gasteiger partial charge >= 0.3 is 20.6 Å². The van der Waals surface area contributed by atoms with Gasteiger partial charge in [-0.05, 0) is 85.3 Å². The fourth-order valence-corrected chi connectivity index (χ4v) is 8.28. The minimum Gasteiger partial charge on any atom is -0.396 e. The summed E-state index contributed by atoms with van der Waals surface area (Å²) in [5.74, 6) is -3.14. The highest BCUT2D eigenvalue weighted by molar-refractivity contribution is 7.33. The van der Waals surface area contributed by atoms with Gasteiger partial charge in [0.25, 0.3) is 11.8 Å². The van der Waals surface area contributed by atoms with Crippen LogP contribution >= 0.6 is 8.25 Å². The molecule has 0 radical (unpaired) electrons. The van der Waals surface area contributed by atoms with Gasteiger partial charge in [-0.3, -0.25) is 19.0 Å². The number of hydrogen-bond donors (Lipinski definition) is 8. The first-order valence-corrected chi connectivity index (χ1v) is 26.1. The highest BCUT2D eigenvalue weighted by atomic mass is 31.1. The second-order valence-electron chi connectivity index (χ2n) is 17.8. The van der Waals surface area contributed by atoms with Crippen molar-refractivity contribution in [1.29, 1.82) is 0 Å². The molecule has 0 bridgehead atoms. The summed E-state index contributed by atoms with van der Waals surface area (Å²) in [5.41, 5.74) is 0.623. The average Bonchev–Trinajstić information content (AvgIpc) is 4.26. The lowest BCUT2D eigenvalue weighted by Gasteiger charge is -2.16. The molecular formula is C52H52F6N16O7P+.